The number of rotatable bonds is 5. The van der Waals surface area contributed by atoms with E-state index in [1.165, 1.54) is 25.1 Å². The Morgan fingerprint density at radius 1 is 1.36 bits per heavy atom. The molecule has 22 heavy (non-hydrogen) atoms. The number of ether oxygens (including phenoxy) is 1. The molecule has 0 radical (unpaired) electrons. The fourth-order valence-electron chi connectivity index (χ4n) is 1.90. The van der Waals surface area contributed by atoms with Crippen molar-refractivity contribution in [2.24, 2.45) is 0 Å². The third kappa shape index (κ3) is 3.45. The number of carbonyl (C=O) groups is 2. The van der Waals surface area contributed by atoms with Gasteiger partial charge in [-0.2, -0.15) is 0 Å². The summed E-state index contributed by atoms with van der Waals surface area (Å²) < 4.78 is 32.1. The van der Waals surface area contributed by atoms with Crippen molar-refractivity contribution in [3.63, 3.8) is 0 Å². The minimum atomic E-state index is -3.74. The Kier molecular flexibility index (Phi) is 4.25. The fraction of sp³-hybridized carbons (Fsp3) is 0.429. The van der Waals surface area contributed by atoms with Crippen molar-refractivity contribution in [1.29, 1.82) is 0 Å². The molecule has 0 saturated heterocycles. The highest BCUT2D eigenvalue weighted by Gasteiger charge is 2.35. The summed E-state index contributed by atoms with van der Waals surface area (Å²) in [5, 5.41) is 2.63. The van der Waals surface area contributed by atoms with Gasteiger partial charge in [0.2, 0.25) is 10.0 Å². The van der Waals surface area contributed by atoms with E-state index in [9.17, 15) is 18.0 Å². The highest BCUT2D eigenvalue weighted by molar-refractivity contribution is 7.89. The molecule has 0 bridgehead atoms. The lowest BCUT2D eigenvalue weighted by Crippen LogP contribution is -2.45. The van der Waals surface area contributed by atoms with Gasteiger partial charge in [-0.05, 0) is 39.0 Å². The van der Waals surface area contributed by atoms with Crippen LogP contribution in [-0.2, 0) is 19.6 Å². The van der Waals surface area contributed by atoms with Gasteiger partial charge in [-0.25, -0.2) is 13.1 Å². The predicted octanol–water partition coefficient (Wildman–Crippen LogP) is 1.05. The Hall–Kier alpha value is -1.93. The largest absolute Gasteiger partial charge is 0.476 e. The zero-order valence-electron chi connectivity index (χ0n) is 12.6. The van der Waals surface area contributed by atoms with Gasteiger partial charge >= 0.3 is 0 Å². The lowest BCUT2D eigenvalue weighted by molar-refractivity contribution is -0.129. The second-order valence-corrected chi connectivity index (χ2v) is 7.34. The number of sulfonamides is 1. The third-order valence-electron chi connectivity index (χ3n) is 3.19. The van der Waals surface area contributed by atoms with Crippen LogP contribution in [0, 0.1) is 0 Å². The summed E-state index contributed by atoms with van der Waals surface area (Å²) in [5.41, 5.74) is -0.702. The highest BCUT2D eigenvalue weighted by atomic mass is 32.2. The molecule has 0 saturated carbocycles. The summed E-state index contributed by atoms with van der Waals surface area (Å²) in [4.78, 5) is 22.7. The lowest BCUT2D eigenvalue weighted by atomic mass is 10.1. The first kappa shape index (κ1) is 16.4. The maximum absolute atomic E-state index is 12.1. The Morgan fingerprint density at radius 2 is 2.05 bits per heavy atom. The molecule has 1 heterocycles. The topological polar surface area (TPSA) is 102 Å². The third-order valence-corrected chi connectivity index (χ3v) is 4.65. The molecule has 0 atom stereocenters. The van der Waals surface area contributed by atoms with Gasteiger partial charge in [0.1, 0.15) is 11.5 Å². The van der Waals surface area contributed by atoms with Crippen LogP contribution in [-0.4, -0.2) is 32.3 Å². The zero-order valence-corrected chi connectivity index (χ0v) is 13.4. The standard InChI is InChI=1S/C14H18N2O5S/c1-9(17)6-7-15-22(19,20)10-4-5-12-11(8-10)16-13(18)14(2,3)21-12/h4-5,8,15H,6-7H2,1-3H3,(H,16,18). The number of ketones is 1. The maximum atomic E-state index is 12.1. The van der Waals surface area contributed by atoms with Crippen LogP contribution in [0.3, 0.4) is 0 Å². The number of benzene rings is 1. The van der Waals surface area contributed by atoms with Crippen molar-refractivity contribution < 1.29 is 22.7 Å². The molecular weight excluding hydrogens is 308 g/mol. The Morgan fingerprint density at radius 3 is 2.68 bits per heavy atom. The van der Waals surface area contributed by atoms with Crippen LogP contribution in [0.4, 0.5) is 5.69 Å². The van der Waals surface area contributed by atoms with Gasteiger partial charge in [0.05, 0.1) is 10.6 Å². The van der Waals surface area contributed by atoms with Gasteiger partial charge in [-0.3, -0.25) is 9.59 Å². The zero-order chi connectivity index (χ0) is 16.5. The van der Waals surface area contributed by atoms with Gasteiger partial charge in [0.25, 0.3) is 5.91 Å². The summed E-state index contributed by atoms with van der Waals surface area (Å²) in [7, 11) is -3.74. The monoisotopic (exact) mass is 326 g/mol. The van der Waals surface area contributed by atoms with Crippen LogP contribution in [0.1, 0.15) is 27.2 Å². The summed E-state index contributed by atoms with van der Waals surface area (Å²) >= 11 is 0. The molecule has 2 rings (SSSR count). The van der Waals surface area contributed by atoms with E-state index in [0.29, 0.717) is 11.4 Å². The van der Waals surface area contributed by atoms with Crippen molar-refractivity contribution in [3.05, 3.63) is 18.2 Å². The molecule has 0 aromatic heterocycles. The van der Waals surface area contributed by atoms with Gasteiger partial charge in [-0.15, -0.1) is 0 Å². The first-order valence-corrected chi connectivity index (χ1v) is 8.24. The SMILES string of the molecule is CC(=O)CCNS(=O)(=O)c1ccc2c(c1)NC(=O)C(C)(C)O2. The Labute approximate surface area is 129 Å². The van der Waals surface area contributed by atoms with Crippen molar-refractivity contribution in [1.82, 2.24) is 4.72 Å². The number of hydrogen-bond acceptors (Lipinski definition) is 5. The molecule has 1 aliphatic heterocycles. The number of carbonyl (C=O) groups excluding carboxylic acids is 2. The van der Waals surface area contributed by atoms with E-state index in [4.69, 9.17) is 4.74 Å². The smallest absolute Gasteiger partial charge is 0.268 e. The van der Waals surface area contributed by atoms with Gasteiger partial charge in [0.15, 0.2) is 5.60 Å². The van der Waals surface area contributed by atoms with Crippen LogP contribution in [0.15, 0.2) is 23.1 Å². The van der Waals surface area contributed by atoms with Gasteiger partial charge in [-0.1, -0.05) is 0 Å². The van der Waals surface area contributed by atoms with E-state index in [1.807, 2.05) is 0 Å². The molecule has 2 N–H and O–H groups in total. The van der Waals surface area contributed by atoms with Gasteiger partial charge < -0.3 is 10.1 Å². The normalized spacial score (nSPS) is 16.4. The molecule has 1 aliphatic rings. The molecule has 1 aromatic carbocycles. The second-order valence-electron chi connectivity index (χ2n) is 5.57. The van der Waals surface area contributed by atoms with E-state index in [0.717, 1.165) is 0 Å². The molecule has 0 aliphatic carbocycles. The number of anilines is 1. The van der Waals surface area contributed by atoms with Crippen LogP contribution < -0.4 is 14.8 Å². The molecule has 7 nitrogen and oxygen atoms in total. The molecule has 120 valence electrons. The molecule has 1 amide bonds. The van der Waals surface area contributed by atoms with Crippen molar-refractivity contribution in [2.45, 2.75) is 37.7 Å². The number of fused-ring (bicyclic) bond motifs is 1. The predicted molar refractivity (Wildman–Crippen MR) is 80.3 cm³/mol. The average molecular weight is 326 g/mol. The molecule has 8 heteroatoms. The van der Waals surface area contributed by atoms with Crippen molar-refractivity contribution in [3.8, 4) is 5.75 Å². The number of amides is 1. The fourth-order valence-corrected chi connectivity index (χ4v) is 2.96. The van der Waals surface area contributed by atoms with E-state index in [1.54, 1.807) is 13.8 Å². The van der Waals surface area contributed by atoms with Crippen LogP contribution in [0.5, 0.6) is 5.75 Å². The number of Topliss-reactive ketones (excluding diaryl/α,β-unsaturated/α-hetero) is 1. The molecule has 0 spiro atoms. The summed E-state index contributed by atoms with van der Waals surface area (Å²) in [5.74, 6) is -0.0394. The number of hydrogen-bond donors (Lipinski definition) is 2. The van der Waals surface area contributed by atoms with Crippen LogP contribution in [0.2, 0.25) is 0 Å². The van der Waals surface area contributed by atoms with Crippen molar-refractivity contribution in [2.75, 3.05) is 11.9 Å². The first-order chi connectivity index (χ1) is 10.1. The summed E-state index contributed by atoms with van der Waals surface area (Å²) in [6.07, 6.45) is 0.123. The summed E-state index contributed by atoms with van der Waals surface area (Å²) in [6.45, 7) is 4.67. The molecule has 0 unspecified atom stereocenters. The maximum Gasteiger partial charge on any atom is 0.268 e. The van der Waals surface area contributed by atoms with E-state index >= 15 is 0 Å². The van der Waals surface area contributed by atoms with E-state index in [-0.39, 0.29) is 29.6 Å². The van der Waals surface area contributed by atoms with E-state index < -0.39 is 15.6 Å². The molecule has 1 aromatic rings. The van der Waals surface area contributed by atoms with Crippen LogP contribution in [0.25, 0.3) is 0 Å². The minimum Gasteiger partial charge on any atom is -0.476 e. The quantitative estimate of drug-likeness (QED) is 0.842. The Balaban J connectivity index is 2.23. The van der Waals surface area contributed by atoms with Crippen LogP contribution >= 0.6 is 0 Å². The molecular formula is C14H18N2O5S. The summed E-state index contributed by atoms with van der Waals surface area (Å²) in [6, 6.07) is 4.22. The second kappa shape index (κ2) is 5.69. The first-order valence-electron chi connectivity index (χ1n) is 6.75. The number of nitrogens with one attached hydrogen (secondary N) is 2. The highest BCUT2D eigenvalue weighted by Crippen LogP contribution is 2.35. The minimum absolute atomic E-state index is 0.00147. The lowest BCUT2D eigenvalue weighted by Gasteiger charge is -2.31. The molecule has 0 fully saturated rings. The Bertz CT molecular complexity index is 725. The average Bonchev–Trinajstić information content (AvgIpc) is 2.38. The van der Waals surface area contributed by atoms with Gasteiger partial charge in [0, 0.05) is 13.0 Å². The van der Waals surface area contributed by atoms with Crippen molar-refractivity contribution >= 4 is 27.4 Å². The van der Waals surface area contributed by atoms with E-state index in [2.05, 4.69) is 10.0 Å².